The van der Waals surface area contributed by atoms with Gasteiger partial charge in [-0.25, -0.2) is 0 Å². The molecule has 0 spiro atoms. The average molecular weight is 217 g/mol. The molecule has 2 aliphatic rings. The van der Waals surface area contributed by atoms with Crippen molar-refractivity contribution in [3.8, 4) is 5.75 Å². The number of aliphatic imine (C=N–C) groups is 2. The molecule has 1 aromatic carbocycles. The minimum atomic E-state index is 0.102. The van der Waals surface area contributed by atoms with E-state index in [1.165, 1.54) is 0 Å². The average Bonchev–Trinajstić information content (AvgIpc) is 2.87. The molecule has 0 saturated heterocycles. The molecular formula is C12H15N3O. The van der Waals surface area contributed by atoms with Crippen molar-refractivity contribution < 1.29 is 4.74 Å². The van der Waals surface area contributed by atoms with Gasteiger partial charge in [-0.05, 0) is 19.1 Å². The van der Waals surface area contributed by atoms with Crippen LogP contribution < -0.4 is 10.1 Å². The van der Waals surface area contributed by atoms with Gasteiger partial charge >= 0.3 is 0 Å². The third-order valence-corrected chi connectivity index (χ3v) is 2.17. The predicted molar refractivity (Wildman–Crippen MR) is 66.0 cm³/mol. The molecular weight excluding hydrogens is 202 g/mol. The summed E-state index contributed by atoms with van der Waals surface area (Å²) in [6, 6.07) is 7.78. The maximum atomic E-state index is 5.48. The lowest BCUT2D eigenvalue weighted by molar-refractivity contribution is 0.288. The van der Waals surface area contributed by atoms with Gasteiger partial charge in [0.1, 0.15) is 17.5 Å². The van der Waals surface area contributed by atoms with Gasteiger partial charge in [-0.3, -0.25) is 9.98 Å². The number of rotatable bonds is 0. The molecule has 1 aromatic rings. The second-order valence-electron chi connectivity index (χ2n) is 3.56. The number of nitrogens with zero attached hydrogens (tertiary/aromatic N) is 2. The van der Waals surface area contributed by atoms with Gasteiger partial charge in [0, 0.05) is 12.8 Å². The lowest BCUT2D eigenvalue weighted by Crippen LogP contribution is -2.15. The molecule has 0 aromatic heterocycles. The van der Waals surface area contributed by atoms with Crippen LogP contribution in [-0.4, -0.2) is 31.7 Å². The zero-order chi connectivity index (χ0) is 11.2. The highest BCUT2D eigenvalue weighted by Crippen LogP contribution is 2.29. The Morgan fingerprint density at radius 1 is 1.38 bits per heavy atom. The van der Waals surface area contributed by atoms with Crippen LogP contribution in [0.1, 0.15) is 6.92 Å². The summed E-state index contributed by atoms with van der Waals surface area (Å²) in [6.07, 6.45) is 3.65. The van der Waals surface area contributed by atoms with E-state index in [0.717, 1.165) is 24.5 Å². The van der Waals surface area contributed by atoms with Crippen molar-refractivity contribution in [2.75, 3.05) is 13.1 Å². The van der Waals surface area contributed by atoms with Crippen molar-refractivity contribution >= 4 is 18.2 Å². The number of hydrogen-bond acceptors (Lipinski definition) is 4. The lowest BCUT2D eigenvalue weighted by Gasteiger charge is -2.16. The normalized spacial score (nSPS) is 20.2. The molecule has 1 unspecified atom stereocenters. The zero-order valence-electron chi connectivity index (χ0n) is 9.26. The maximum absolute atomic E-state index is 5.48. The van der Waals surface area contributed by atoms with Gasteiger partial charge in [-0.15, -0.1) is 0 Å². The highest BCUT2D eigenvalue weighted by atomic mass is 16.5. The van der Waals surface area contributed by atoms with Crippen LogP contribution in [-0.2, 0) is 0 Å². The van der Waals surface area contributed by atoms with Gasteiger partial charge in [0.15, 0.2) is 0 Å². The second kappa shape index (κ2) is 5.30. The van der Waals surface area contributed by atoms with Gasteiger partial charge in [0.25, 0.3) is 0 Å². The van der Waals surface area contributed by atoms with Crippen LogP contribution in [0.2, 0.25) is 0 Å². The van der Waals surface area contributed by atoms with Crippen molar-refractivity contribution in [1.29, 1.82) is 0 Å². The molecule has 16 heavy (non-hydrogen) atoms. The fourth-order valence-corrected chi connectivity index (χ4v) is 1.40. The highest BCUT2D eigenvalue weighted by Gasteiger charge is 2.09. The first kappa shape index (κ1) is 10.7. The minimum absolute atomic E-state index is 0.102. The Hall–Kier alpha value is -1.84. The van der Waals surface area contributed by atoms with Crippen molar-refractivity contribution in [3.05, 3.63) is 24.3 Å². The van der Waals surface area contributed by atoms with Crippen molar-refractivity contribution in [3.63, 3.8) is 0 Å². The first-order chi connectivity index (χ1) is 7.86. The number of ether oxygens (including phenoxy) is 1. The van der Waals surface area contributed by atoms with Crippen LogP contribution >= 0.6 is 0 Å². The van der Waals surface area contributed by atoms with Gasteiger partial charge < -0.3 is 10.1 Å². The SMILES string of the molecule is C1=NCCN1.CC1C=Nc2ccccc2O1. The third-order valence-electron chi connectivity index (χ3n) is 2.17. The number of hydrogen-bond donors (Lipinski definition) is 1. The molecule has 2 aliphatic heterocycles. The fourth-order valence-electron chi connectivity index (χ4n) is 1.40. The molecule has 84 valence electrons. The van der Waals surface area contributed by atoms with Gasteiger partial charge in [-0.1, -0.05) is 12.1 Å². The summed E-state index contributed by atoms with van der Waals surface area (Å²) in [6.45, 7) is 3.96. The molecule has 4 nitrogen and oxygen atoms in total. The molecule has 4 heteroatoms. The summed E-state index contributed by atoms with van der Waals surface area (Å²) in [5.41, 5.74) is 0.922. The van der Waals surface area contributed by atoms with Crippen LogP contribution in [0.25, 0.3) is 0 Å². The molecule has 0 radical (unpaired) electrons. The standard InChI is InChI=1S/C9H9NO.C3H6N2/c1-7-6-10-8-4-2-3-5-9(8)11-7;1-2-5-3-4-1/h2-7H,1H3;3H,1-2H2,(H,4,5). The van der Waals surface area contributed by atoms with E-state index in [1.54, 1.807) is 6.34 Å². The molecule has 0 saturated carbocycles. The van der Waals surface area contributed by atoms with Crippen LogP contribution in [0.5, 0.6) is 5.75 Å². The Labute approximate surface area is 95.1 Å². The van der Waals surface area contributed by atoms with Crippen LogP contribution in [0.4, 0.5) is 5.69 Å². The van der Waals surface area contributed by atoms with Gasteiger partial charge in [0.2, 0.25) is 0 Å². The van der Waals surface area contributed by atoms with E-state index in [-0.39, 0.29) is 6.10 Å². The molecule has 2 heterocycles. The molecule has 0 aliphatic carbocycles. The van der Waals surface area contributed by atoms with E-state index in [2.05, 4.69) is 15.3 Å². The number of nitrogens with one attached hydrogen (secondary N) is 1. The quantitative estimate of drug-likeness (QED) is 0.720. The molecule has 0 bridgehead atoms. The van der Waals surface area contributed by atoms with E-state index in [0.29, 0.717) is 0 Å². The summed E-state index contributed by atoms with van der Waals surface area (Å²) in [7, 11) is 0. The van der Waals surface area contributed by atoms with Gasteiger partial charge in [-0.2, -0.15) is 0 Å². The maximum Gasteiger partial charge on any atom is 0.145 e. The Balaban J connectivity index is 0.000000162. The van der Waals surface area contributed by atoms with E-state index < -0.39 is 0 Å². The zero-order valence-corrected chi connectivity index (χ0v) is 9.26. The van der Waals surface area contributed by atoms with Crippen LogP contribution in [0, 0.1) is 0 Å². The molecule has 1 N–H and O–H groups in total. The highest BCUT2D eigenvalue weighted by molar-refractivity contribution is 5.73. The largest absolute Gasteiger partial charge is 0.483 e. The Morgan fingerprint density at radius 3 is 2.94 bits per heavy atom. The molecule has 0 amide bonds. The van der Waals surface area contributed by atoms with E-state index in [9.17, 15) is 0 Å². The smallest absolute Gasteiger partial charge is 0.145 e. The number of fused-ring (bicyclic) bond motifs is 1. The Bertz CT molecular complexity index is 395. The Morgan fingerprint density at radius 2 is 2.25 bits per heavy atom. The Kier molecular flexibility index (Phi) is 3.53. The van der Waals surface area contributed by atoms with Crippen LogP contribution in [0.15, 0.2) is 34.3 Å². The summed E-state index contributed by atoms with van der Waals surface area (Å²) >= 11 is 0. The topological polar surface area (TPSA) is 46.0 Å². The summed E-state index contributed by atoms with van der Waals surface area (Å²) < 4.78 is 5.48. The second-order valence-corrected chi connectivity index (χ2v) is 3.56. The predicted octanol–water partition coefficient (Wildman–Crippen LogP) is 1.79. The fraction of sp³-hybridized carbons (Fsp3) is 0.333. The van der Waals surface area contributed by atoms with Gasteiger partial charge in [0.05, 0.1) is 12.9 Å². The van der Waals surface area contributed by atoms with E-state index >= 15 is 0 Å². The molecule has 1 atom stereocenters. The lowest BCUT2D eigenvalue weighted by atomic mass is 10.2. The monoisotopic (exact) mass is 217 g/mol. The van der Waals surface area contributed by atoms with E-state index in [1.807, 2.05) is 37.4 Å². The summed E-state index contributed by atoms with van der Waals surface area (Å²) in [5, 5.41) is 2.93. The van der Waals surface area contributed by atoms with Crippen molar-refractivity contribution in [2.24, 2.45) is 9.98 Å². The summed E-state index contributed by atoms with van der Waals surface area (Å²) in [4.78, 5) is 8.07. The molecule has 3 rings (SSSR count). The van der Waals surface area contributed by atoms with E-state index in [4.69, 9.17) is 4.74 Å². The molecule has 0 fully saturated rings. The first-order valence-electron chi connectivity index (χ1n) is 5.38. The number of benzene rings is 1. The summed E-state index contributed by atoms with van der Waals surface area (Å²) in [5.74, 6) is 0.877. The minimum Gasteiger partial charge on any atom is -0.483 e. The third kappa shape index (κ3) is 2.82. The number of para-hydroxylation sites is 2. The first-order valence-corrected chi connectivity index (χ1v) is 5.38. The van der Waals surface area contributed by atoms with Crippen LogP contribution in [0.3, 0.4) is 0 Å². The van der Waals surface area contributed by atoms with Crippen molar-refractivity contribution in [1.82, 2.24) is 5.32 Å². The van der Waals surface area contributed by atoms with Crippen molar-refractivity contribution in [2.45, 2.75) is 13.0 Å².